The molecule has 2 heterocycles. The fourth-order valence-corrected chi connectivity index (χ4v) is 4.32. The van der Waals surface area contributed by atoms with E-state index in [0.717, 1.165) is 23.3 Å². The van der Waals surface area contributed by atoms with Gasteiger partial charge in [0.15, 0.2) is 11.5 Å². The molecular formula is C24H27ClN4O5. The second kappa shape index (κ2) is 10.2. The van der Waals surface area contributed by atoms with E-state index in [2.05, 4.69) is 9.88 Å². The molecule has 3 aromatic rings. The van der Waals surface area contributed by atoms with Gasteiger partial charge in [-0.15, -0.1) is 0 Å². The van der Waals surface area contributed by atoms with Gasteiger partial charge in [0.2, 0.25) is 5.91 Å². The number of hydrogen-bond donors (Lipinski definition) is 1. The lowest BCUT2D eigenvalue weighted by atomic mass is 10.2. The normalized spacial score (nSPS) is 13.9. The Bertz CT molecular complexity index is 1290. The zero-order valence-corrected chi connectivity index (χ0v) is 19.9. The SMILES string of the molecule is COc1cc2[nH]c(=O)n(CCCC(=O)N3CCN(c4ccc(Cl)cc4)CC3)c(=O)c2cc1OC. The zero-order chi connectivity index (χ0) is 24.2. The summed E-state index contributed by atoms with van der Waals surface area (Å²) in [5, 5.41) is 1.02. The number of methoxy groups -OCH3 is 2. The molecular weight excluding hydrogens is 460 g/mol. The standard InChI is InChI=1S/C24H27ClN4O5/c1-33-20-14-18-19(15-21(20)34-2)26-24(32)29(23(18)31)9-3-4-22(30)28-12-10-27(11-13-28)17-7-5-16(25)6-8-17/h5-8,14-15H,3-4,9-13H2,1-2H3,(H,26,32). The smallest absolute Gasteiger partial charge is 0.328 e. The number of nitrogens with one attached hydrogen (secondary N) is 1. The van der Waals surface area contributed by atoms with Crippen LogP contribution in [0.15, 0.2) is 46.0 Å². The number of piperazine rings is 1. The molecule has 0 spiro atoms. The van der Waals surface area contributed by atoms with Crippen molar-refractivity contribution < 1.29 is 14.3 Å². The molecule has 10 heteroatoms. The number of aromatic nitrogens is 2. The molecule has 0 radical (unpaired) electrons. The molecule has 0 aliphatic carbocycles. The molecule has 1 aromatic heterocycles. The lowest BCUT2D eigenvalue weighted by Crippen LogP contribution is -2.48. The first kappa shape index (κ1) is 23.7. The predicted octanol–water partition coefficient (Wildman–Crippen LogP) is 2.49. The average molecular weight is 487 g/mol. The van der Waals surface area contributed by atoms with E-state index < -0.39 is 11.2 Å². The minimum Gasteiger partial charge on any atom is -0.493 e. The summed E-state index contributed by atoms with van der Waals surface area (Å²) >= 11 is 5.96. The van der Waals surface area contributed by atoms with E-state index in [0.29, 0.717) is 46.9 Å². The van der Waals surface area contributed by atoms with Crippen molar-refractivity contribution in [3.8, 4) is 11.5 Å². The summed E-state index contributed by atoms with van der Waals surface area (Å²) in [6, 6.07) is 10.8. The molecule has 1 aliphatic heterocycles. The van der Waals surface area contributed by atoms with Gasteiger partial charge in [0.1, 0.15) is 0 Å². The highest BCUT2D eigenvalue weighted by Gasteiger charge is 2.21. The van der Waals surface area contributed by atoms with Crippen molar-refractivity contribution in [1.29, 1.82) is 0 Å². The molecule has 0 saturated carbocycles. The number of halogens is 1. The van der Waals surface area contributed by atoms with Crippen LogP contribution in [0, 0.1) is 0 Å². The Morgan fingerprint density at radius 1 is 1.00 bits per heavy atom. The Kier molecular flexibility index (Phi) is 7.12. The quantitative estimate of drug-likeness (QED) is 0.551. The van der Waals surface area contributed by atoms with Gasteiger partial charge in [-0.1, -0.05) is 11.6 Å². The summed E-state index contributed by atoms with van der Waals surface area (Å²) in [7, 11) is 2.96. The van der Waals surface area contributed by atoms with Gasteiger partial charge in [0.25, 0.3) is 5.56 Å². The Labute approximate surface area is 201 Å². The summed E-state index contributed by atoms with van der Waals surface area (Å²) in [6.45, 7) is 2.87. The first-order chi connectivity index (χ1) is 16.4. The molecule has 0 bridgehead atoms. The number of H-pyrrole nitrogens is 1. The number of ether oxygens (including phenoxy) is 2. The van der Waals surface area contributed by atoms with Gasteiger partial charge in [0, 0.05) is 55.9 Å². The molecule has 1 fully saturated rings. The maximum Gasteiger partial charge on any atom is 0.328 e. The average Bonchev–Trinajstić information content (AvgIpc) is 2.85. The van der Waals surface area contributed by atoms with Crippen LogP contribution >= 0.6 is 11.6 Å². The highest BCUT2D eigenvalue weighted by molar-refractivity contribution is 6.30. The number of rotatable bonds is 7. The molecule has 1 amide bonds. The van der Waals surface area contributed by atoms with E-state index in [1.807, 2.05) is 29.2 Å². The molecule has 0 unspecified atom stereocenters. The minimum atomic E-state index is -0.520. The van der Waals surface area contributed by atoms with Crippen LogP contribution in [0.2, 0.25) is 5.02 Å². The van der Waals surface area contributed by atoms with Crippen molar-refractivity contribution in [3.05, 3.63) is 62.3 Å². The molecule has 0 atom stereocenters. The van der Waals surface area contributed by atoms with Crippen LogP contribution in [0.25, 0.3) is 10.9 Å². The van der Waals surface area contributed by atoms with Crippen molar-refractivity contribution in [2.24, 2.45) is 0 Å². The van der Waals surface area contributed by atoms with Gasteiger partial charge < -0.3 is 24.3 Å². The van der Waals surface area contributed by atoms with Crippen LogP contribution in [0.1, 0.15) is 12.8 Å². The number of carbonyl (C=O) groups excluding carboxylic acids is 1. The molecule has 2 aromatic carbocycles. The van der Waals surface area contributed by atoms with Gasteiger partial charge in [-0.3, -0.25) is 14.2 Å². The van der Waals surface area contributed by atoms with Crippen molar-refractivity contribution in [2.45, 2.75) is 19.4 Å². The van der Waals surface area contributed by atoms with Gasteiger partial charge in [-0.25, -0.2) is 4.79 Å². The third-order valence-electron chi connectivity index (χ3n) is 6.08. The maximum absolute atomic E-state index is 12.9. The molecule has 1 aliphatic rings. The predicted molar refractivity (Wildman–Crippen MR) is 131 cm³/mol. The summed E-state index contributed by atoms with van der Waals surface area (Å²) in [5.74, 6) is 0.843. The summed E-state index contributed by atoms with van der Waals surface area (Å²) in [4.78, 5) is 44.9. The minimum absolute atomic E-state index is 0.0208. The molecule has 1 N–H and O–H groups in total. The zero-order valence-electron chi connectivity index (χ0n) is 19.2. The van der Waals surface area contributed by atoms with Crippen LogP contribution < -0.4 is 25.6 Å². The van der Waals surface area contributed by atoms with Crippen LogP contribution in [0.5, 0.6) is 11.5 Å². The fourth-order valence-electron chi connectivity index (χ4n) is 4.20. The summed E-state index contributed by atoms with van der Waals surface area (Å²) in [6.07, 6.45) is 0.648. The number of anilines is 1. The van der Waals surface area contributed by atoms with E-state index in [9.17, 15) is 14.4 Å². The number of amides is 1. The number of nitrogens with zero attached hydrogens (tertiary/aromatic N) is 3. The van der Waals surface area contributed by atoms with E-state index in [4.69, 9.17) is 21.1 Å². The molecule has 4 rings (SSSR count). The van der Waals surface area contributed by atoms with E-state index >= 15 is 0 Å². The van der Waals surface area contributed by atoms with Crippen LogP contribution in [0.4, 0.5) is 5.69 Å². The van der Waals surface area contributed by atoms with Gasteiger partial charge >= 0.3 is 5.69 Å². The Hall–Kier alpha value is -3.46. The van der Waals surface area contributed by atoms with Crippen LogP contribution in [-0.2, 0) is 11.3 Å². The van der Waals surface area contributed by atoms with Crippen LogP contribution in [-0.4, -0.2) is 60.8 Å². The molecule has 9 nitrogen and oxygen atoms in total. The third-order valence-corrected chi connectivity index (χ3v) is 6.33. The molecule has 1 saturated heterocycles. The lowest BCUT2D eigenvalue weighted by molar-refractivity contribution is -0.131. The maximum atomic E-state index is 12.9. The molecule has 34 heavy (non-hydrogen) atoms. The van der Waals surface area contributed by atoms with Gasteiger partial charge in [-0.2, -0.15) is 0 Å². The van der Waals surface area contributed by atoms with Crippen molar-refractivity contribution in [3.63, 3.8) is 0 Å². The van der Waals surface area contributed by atoms with E-state index in [1.165, 1.54) is 14.2 Å². The summed E-state index contributed by atoms with van der Waals surface area (Å²) in [5.41, 5.74) is 0.511. The van der Waals surface area contributed by atoms with Gasteiger partial charge in [-0.05, 0) is 36.8 Å². The number of carbonyl (C=O) groups is 1. The topological polar surface area (TPSA) is 96.9 Å². The van der Waals surface area contributed by atoms with E-state index in [-0.39, 0.29) is 18.9 Å². The fraction of sp³-hybridized carbons (Fsp3) is 0.375. The second-order valence-electron chi connectivity index (χ2n) is 8.09. The highest BCUT2D eigenvalue weighted by Crippen LogP contribution is 2.29. The lowest BCUT2D eigenvalue weighted by Gasteiger charge is -2.36. The highest BCUT2D eigenvalue weighted by atomic mass is 35.5. The molecule has 180 valence electrons. The Morgan fingerprint density at radius 2 is 1.65 bits per heavy atom. The van der Waals surface area contributed by atoms with Gasteiger partial charge in [0.05, 0.1) is 25.1 Å². The van der Waals surface area contributed by atoms with E-state index in [1.54, 1.807) is 12.1 Å². The van der Waals surface area contributed by atoms with Crippen molar-refractivity contribution in [2.75, 3.05) is 45.3 Å². The first-order valence-electron chi connectivity index (χ1n) is 11.1. The van der Waals surface area contributed by atoms with Crippen LogP contribution in [0.3, 0.4) is 0 Å². The van der Waals surface area contributed by atoms with Crippen molar-refractivity contribution in [1.82, 2.24) is 14.5 Å². The monoisotopic (exact) mass is 486 g/mol. The second-order valence-corrected chi connectivity index (χ2v) is 8.52. The first-order valence-corrected chi connectivity index (χ1v) is 11.5. The number of benzene rings is 2. The number of fused-ring (bicyclic) bond motifs is 1. The Morgan fingerprint density at radius 3 is 2.29 bits per heavy atom. The van der Waals surface area contributed by atoms with Crippen molar-refractivity contribution >= 4 is 34.1 Å². The largest absolute Gasteiger partial charge is 0.493 e. The number of aromatic amines is 1. The number of hydrogen-bond acceptors (Lipinski definition) is 6. The third kappa shape index (κ3) is 4.89. The Balaban J connectivity index is 1.37. The summed E-state index contributed by atoms with van der Waals surface area (Å²) < 4.78 is 11.6.